The number of methoxy groups -OCH3 is 2. The molecule has 1 fully saturated rings. The van der Waals surface area contributed by atoms with Gasteiger partial charge >= 0.3 is 5.97 Å². The van der Waals surface area contributed by atoms with E-state index in [9.17, 15) is 9.59 Å². The van der Waals surface area contributed by atoms with Gasteiger partial charge in [0.05, 0.1) is 44.6 Å². The molecule has 0 amide bonds. The molecule has 3 aromatic rings. The molecule has 1 aliphatic rings. The van der Waals surface area contributed by atoms with Gasteiger partial charge in [-0.05, 0) is 97.2 Å². The molecule has 10 heteroatoms. The van der Waals surface area contributed by atoms with Crippen molar-refractivity contribution in [2.24, 2.45) is 5.92 Å². The highest BCUT2D eigenvalue weighted by Crippen LogP contribution is 2.30. The number of halogens is 1. The van der Waals surface area contributed by atoms with Crippen LogP contribution in [0.4, 0.5) is 0 Å². The van der Waals surface area contributed by atoms with Crippen LogP contribution in [-0.2, 0) is 38.3 Å². The van der Waals surface area contributed by atoms with Crippen molar-refractivity contribution >= 4 is 30.1 Å². The van der Waals surface area contributed by atoms with Crippen molar-refractivity contribution in [2.45, 2.75) is 83.8 Å². The first-order chi connectivity index (χ1) is 27.8. The number of esters is 1. The lowest BCUT2D eigenvalue weighted by Gasteiger charge is -2.29. The van der Waals surface area contributed by atoms with Gasteiger partial charge in [-0.3, -0.25) is 0 Å². The molecule has 4 rings (SSSR count). The normalized spacial score (nSPS) is 14.4. The molecular formula is C47H62ClNO8. The molecule has 9 nitrogen and oxygen atoms in total. The molecule has 3 aromatic carbocycles. The molecule has 1 aliphatic heterocycles. The molecule has 0 spiro atoms. The number of hydrogen-bond acceptors (Lipinski definition) is 9. The van der Waals surface area contributed by atoms with Gasteiger partial charge in [0, 0.05) is 31.6 Å². The smallest absolute Gasteiger partial charge is 0.343 e. The molecule has 57 heavy (non-hydrogen) atoms. The van der Waals surface area contributed by atoms with Crippen LogP contribution in [0.25, 0.3) is 0 Å². The molecular weight excluding hydrogens is 742 g/mol. The van der Waals surface area contributed by atoms with Gasteiger partial charge in [0.2, 0.25) is 0 Å². The van der Waals surface area contributed by atoms with E-state index in [0.717, 1.165) is 119 Å². The largest absolute Gasteiger partial charge is 0.493 e. The minimum absolute atomic E-state index is 0.187. The summed E-state index contributed by atoms with van der Waals surface area (Å²) in [5, 5.41) is 8.35. The number of hydrogen-bond donors (Lipinski definition) is 1. The van der Waals surface area contributed by atoms with E-state index in [1.165, 1.54) is 20.4 Å². The second kappa shape index (κ2) is 29.7. The number of carbonyl (C=O) groups is 2. The minimum Gasteiger partial charge on any atom is -0.493 e. The lowest BCUT2D eigenvalue weighted by molar-refractivity contribution is -0.203. The van der Waals surface area contributed by atoms with Gasteiger partial charge in [-0.15, -0.1) is 6.58 Å². The number of nitrogens with one attached hydrogen (secondary N) is 1. The van der Waals surface area contributed by atoms with E-state index in [4.69, 9.17) is 45.4 Å². The molecule has 0 atom stereocenters. The topological polar surface area (TPSA) is 113 Å². The molecule has 0 bridgehead atoms. The summed E-state index contributed by atoms with van der Waals surface area (Å²) in [6, 6.07) is 16.5. The summed E-state index contributed by atoms with van der Waals surface area (Å²) in [5.41, 5.74) is 4.47. The van der Waals surface area contributed by atoms with Crippen molar-refractivity contribution in [3.63, 3.8) is 0 Å². The lowest BCUT2D eigenvalue weighted by Crippen LogP contribution is -2.32. The summed E-state index contributed by atoms with van der Waals surface area (Å²) in [4.78, 5) is 22.3. The number of unbranched alkanes of at least 4 members (excludes halogenated alkanes) is 4. The van der Waals surface area contributed by atoms with E-state index in [0.29, 0.717) is 34.6 Å². The molecule has 0 aliphatic carbocycles. The Hall–Kier alpha value is -4.54. The highest BCUT2D eigenvalue weighted by atomic mass is 35.5. The summed E-state index contributed by atoms with van der Waals surface area (Å²) < 4.78 is 33.5. The Morgan fingerprint density at radius 3 is 2.16 bits per heavy atom. The van der Waals surface area contributed by atoms with Crippen LogP contribution in [-0.4, -0.2) is 65.4 Å². The highest BCUT2D eigenvalue weighted by molar-refractivity contribution is 6.32. The Kier molecular flexibility index (Phi) is 25.3. The zero-order chi connectivity index (χ0) is 41.7. The Morgan fingerprint density at radius 1 is 0.842 bits per heavy atom. The first-order valence-electron chi connectivity index (χ1n) is 19.7. The summed E-state index contributed by atoms with van der Waals surface area (Å²) >= 11 is 6.50. The van der Waals surface area contributed by atoms with Crippen LogP contribution in [0.5, 0.6) is 17.2 Å². The van der Waals surface area contributed by atoms with Gasteiger partial charge in [0.15, 0.2) is 17.8 Å². The van der Waals surface area contributed by atoms with E-state index in [1.807, 2.05) is 12.1 Å². The zero-order valence-electron chi connectivity index (χ0n) is 34.1. The molecule has 1 saturated heterocycles. The number of aldehydes is 1. The van der Waals surface area contributed by atoms with Crippen molar-refractivity contribution in [1.82, 2.24) is 0 Å². The molecule has 0 unspecified atom stereocenters. The fourth-order valence-corrected chi connectivity index (χ4v) is 6.06. The molecule has 0 radical (unpaired) electrons. The summed E-state index contributed by atoms with van der Waals surface area (Å²) in [5.74, 6) is 1.14. The van der Waals surface area contributed by atoms with Crippen LogP contribution >= 0.6 is 11.6 Å². The Labute approximate surface area is 345 Å². The van der Waals surface area contributed by atoms with Crippen LogP contribution in [0.2, 0.25) is 5.02 Å². The van der Waals surface area contributed by atoms with Gasteiger partial charge in [-0.1, -0.05) is 87.4 Å². The van der Waals surface area contributed by atoms with Crippen LogP contribution in [0.1, 0.15) is 90.9 Å². The second-order valence-electron chi connectivity index (χ2n) is 13.4. The first kappa shape index (κ1) is 48.6. The Bertz CT molecular complexity index is 1660. The Balaban J connectivity index is 0.000000997. The second-order valence-corrected chi connectivity index (χ2v) is 13.8. The van der Waals surface area contributed by atoms with Crippen molar-refractivity contribution in [2.75, 3.05) is 40.6 Å². The maximum atomic E-state index is 12.7. The molecule has 0 saturated carbocycles. The molecule has 310 valence electrons. The van der Waals surface area contributed by atoms with Gasteiger partial charge in [-0.25, -0.2) is 4.79 Å². The minimum atomic E-state index is -0.546. The third-order valence-corrected chi connectivity index (χ3v) is 9.35. The van der Waals surface area contributed by atoms with Crippen LogP contribution in [0.15, 0.2) is 92.6 Å². The first-order valence-corrected chi connectivity index (χ1v) is 20.1. The monoisotopic (exact) mass is 803 g/mol. The quantitative estimate of drug-likeness (QED) is 0.0192. The average Bonchev–Trinajstić information content (AvgIpc) is 3.25. The van der Waals surface area contributed by atoms with Gasteiger partial charge < -0.3 is 38.6 Å². The maximum absolute atomic E-state index is 12.7. The molecule has 1 heterocycles. The van der Waals surface area contributed by atoms with Gasteiger partial charge in [0.1, 0.15) is 12.0 Å². The molecule has 1 N–H and O–H groups in total. The molecule has 0 aromatic heterocycles. The lowest BCUT2D eigenvalue weighted by atomic mass is 9.96. The van der Waals surface area contributed by atoms with Crippen molar-refractivity contribution in [3.8, 4) is 17.2 Å². The standard InChI is InChI=1S/C38H46ClNO7.C5H10O.C4H6/c1-4-19-44-20-7-5-6-8-29-25-45-37(46-26-29)18-12-27-9-13-30(32(21-27)24-40)14-10-28-11-16-34(33(39)22-28)47-38(41)31-15-17-35(42-2)36(23-31)43-3;1-2-3-4-5-6;1-3-4-2/h4,9,11,13,15-17,21-24,29,37,40H,1,5-8,10,12,14,18-20,25-26H2,2-3H3;5H,2-4H2,1H3;3-4H,1-2H2. The third-order valence-electron chi connectivity index (χ3n) is 9.05. The predicted molar refractivity (Wildman–Crippen MR) is 231 cm³/mol. The van der Waals surface area contributed by atoms with Crippen molar-refractivity contribution in [1.29, 1.82) is 5.41 Å². The average molecular weight is 804 g/mol. The third kappa shape index (κ3) is 19.0. The predicted octanol–water partition coefficient (Wildman–Crippen LogP) is 10.8. The van der Waals surface area contributed by atoms with Gasteiger partial charge in [-0.2, -0.15) is 0 Å². The fraction of sp³-hybridized carbons (Fsp3) is 0.426. The van der Waals surface area contributed by atoms with E-state index in [1.54, 1.807) is 42.5 Å². The number of ether oxygens (including phenoxy) is 6. The summed E-state index contributed by atoms with van der Waals surface area (Å²) in [7, 11) is 3.04. The van der Waals surface area contributed by atoms with Crippen molar-refractivity contribution in [3.05, 3.63) is 125 Å². The number of benzene rings is 3. The van der Waals surface area contributed by atoms with Crippen LogP contribution in [0.3, 0.4) is 0 Å². The van der Waals surface area contributed by atoms with Crippen molar-refractivity contribution < 1.29 is 38.0 Å². The number of carbonyl (C=O) groups excluding carboxylic acids is 2. The number of allylic oxidation sites excluding steroid dienone is 2. The summed E-state index contributed by atoms with van der Waals surface area (Å²) in [6.07, 6.45) is 17.7. The zero-order valence-corrected chi connectivity index (χ0v) is 34.9. The Morgan fingerprint density at radius 2 is 1.54 bits per heavy atom. The maximum Gasteiger partial charge on any atom is 0.343 e. The van der Waals surface area contributed by atoms with E-state index < -0.39 is 5.97 Å². The van der Waals surface area contributed by atoms with Crippen LogP contribution < -0.4 is 14.2 Å². The van der Waals surface area contributed by atoms with Crippen LogP contribution in [0, 0.1) is 11.3 Å². The SMILES string of the molecule is C=CC=C.C=CCOCCCCCC1COC(CCc2ccc(CCc3ccc(OC(=O)c4ccc(OC)c(OC)c4)c(Cl)c3)c(C=N)c2)OC1.CCCCC=O. The van der Waals surface area contributed by atoms with E-state index in [2.05, 4.69) is 44.9 Å². The van der Waals surface area contributed by atoms with E-state index in [-0.39, 0.29) is 12.0 Å². The number of aryl methyl sites for hydroxylation is 3. The summed E-state index contributed by atoms with van der Waals surface area (Å²) in [6.45, 7) is 15.4. The fourth-order valence-electron chi connectivity index (χ4n) is 5.81. The van der Waals surface area contributed by atoms with E-state index >= 15 is 0 Å². The highest BCUT2D eigenvalue weighted by Gasteiger charge is 2.22. The number of rotatable bonds is 23. The van der Waals surface area contributed by atoms with Gasteiger partial charge in [0.25, 0.3) is 0 Å².